The van der Waals surface area contributed by atoms with E-state index in [1.54, 1.807) is 18.2 Å². The highest BCUT2D eigenvalue weighted by Crippen LogP contribution is 2.19. The maximum atomic E-state index is 12.2. The molecule has 0 heterocycles. The number of rotatable bonds is 7. The molecule has 0 aliphatic rings. The Bertz CT molecular complexity index is 759. The van der Waals surface area contributed by atoms with Crippen LogP contribution in [0.5, 0.6) is 5.75 Å². The summed E-state index contributed by atoms with van der Waals surface area (Å²) in [5.41, 5.74) is 7.28. The van der Waals surface area contributed by atoms with Gasteiger partial charge in [0.1, 0.15) is 5.75 Å². The summed E-state index contributed by atoms with van der Waals surface area (Å²) in [5.74, 6) is 0.178. The molecule has 6 heteroatoms. The largest absolute Gasteiger partial charge is 0.494 e. The summed E-state index contributed by atoms with van der Waals surface area (Å²) in [4.78, 5) is 26.1. The van der Waals surface area contributed by atoms with E-state index in [1.165, 1.54) is 0 Å². The van der Waals surface area contributed by atoms with Crippen LogP contribution in [0, 0.1) is 0 Å². The molecule has 2 aromatic rings. The summed E-state index contributed by atoms with van der Waals surface area (Å²) >= 11 is 0. The quantitative estimate of drug-likeness (QED) is 0.749. The van der Waals surface area contributed by atoms with Gasteiger partial charge in [0, 0.05) is 31.8 Å². The van der Waals surface area contributed by atoms with Gasteiger partial charge in [-0.1, -0.05) is 24.3 Å². The lowest BCUT2D eigenvalue weighted by molar-refractivity contribution is -0.121. The molecular weight excluding hydrogens is 330 g/mol. The molecule has 0 saturated heterocycles. The number of hydrogen-bond donors (Lipinski definition) is 2. The second kappa shape index (κ2) is 9.46. The highest BCUT2D eigenvalue weighted by molar-refractivity contribution is 5.96. The molecule has 138 valence electrons. The van der Waals surface area contributed by atoms with E-state index in [0.717, 1.165) is 17.0 Å². The molecule has 26 heavy (non-hydrogen) atoms. The first-order chi connectivity index (χ1) is 12.5. The van der Waals surface area contributed by atoms with Gasteiger partial charge in [-0.05, 0) is 43.2 Å². The SMILES string of the molecule is CCOc1ccccc1CCC(=O)NNC(=O)c1cccc(N(C)C)c1. The summed E-state index contributed by atoms with van der Waals surface area (Å²) in [5, 5.41) is 0. The predicted octanol–water partition coefficient (Wildman–Crippen LogP) is 2.55. The summed E-state index contributed by atoms with van der Waals surface area (Å²) in [6, 6.07) is 14.8. The van der Waals surface area contributed by atoms with Gasteiger partial charge in [0.05, 0.1) is 6.61 Å². The Labute approximate surface area is 154 Å². The van der Waals surface area contributed by atoms with E-state index >= 15 is 0 Å². The summed E-state index contributed by atoms with van der Waals surface area (Å²) in [7, 11) is 3.80. The molecule has 2 rings (SSSR count). The van der Waals surface area contributed by atoms with Gasteiger partial charge in [-0.3, -0.25) is 20.4 Å². The molecule has 0 atom stereocenters. The highest BCUT2D eigenvalue weighted by atomic mass is 16.5. The van der Waals surface area contributed by atoms with Crippen LogP contribution >= 0.6 is 0 Å². The second-order valence-electron chi connectivity index (χ2n) is 5.99. The van der Waals surface area contributed by atoms with Crippen LogP contribution in [0.15, 0.2) is 48.5 Å². The van der Waals surface area contributed by atoms with Crippen LogP contribution in [-0.4, -0.2) is 32.5 Å². The van der Waals surface area contributed by atoms with Crippen molar-refractivity contribution in [1.82, 2.24) is 10.9 Å². The van der Waals surface area contributed by atoms with Crippen LogP contribution in [0.25, 0.3) is 0 Å². The van der Waals surface area contributed by atoms with Crippen molar-refractivity contribution in [2.24, 2.45) is 0 Å². The minimum absolute atomic E-state index is 0.252. The third kappa shape index (κ3) is 5.51. The van der Waals surface area contributed by atoms with Crippen LogP contribution < -0.4 is 20.5 Å². The first-order valence-electron chi connectivity index (χ1n) is 8.58. The van der Waals surface area contributed by atoms with E-state index in [4.69, 9.17) is 4.74 Å². The van der Waals surface area contributed by atoms with Crippen molar-refractivity contribution in [2.45, 2.75) is 19.8 Å². The van der Waals surface area contributed by atoms with Gasteiger partial charge < -0.3 is 9.64 Å². The fourth-order valence-corrected chi connectivity index (χ4v) is 2.44. The Morgan fingerprint density at radius 1 is 1.04 bits per heavy atom. The van der Waals surface area contributed by atoms with Gasteiger partial charge >= 0.3 is 0 Å². The van der Waals surface area contributed by atoms with E-state index in [0.29, 0.717) is 18.6 Å². The minimum Gasteiger partial charge on any atom is -0.494 e. The maximum Gasteiger partial charge on any atom is 0.269 e. The smallest absolute Gasteiger partial charge is 0.269 e. The van der Waals surface area contributed by atoms with E-state index in [-0.39, 0.29) is 18.2 Å². The number of carbonyl (C=O) groups excluding carboxylic acids is 2. The molecule has 2 aromatic carbocycles. The normalized spacial score (nSPS) is 10.1. The number of hydrogen-bond acceptors (Lipinski definition) is 4. The minimum atomic E-state index is -0.350. The molecule has 0 saturated carbocycles. The molecule has 0 aromatic heterocycles. The van der Waals surface area contributed by atoms with E-state index in [9.17, 15) is 9.59 Å². The monoisotopic (exact) mass is 355 g/mol. The number of para-hydroxylation sites is 1. The van der Waals surface area contributed by atoms with Crippen molar-refractivity contribution < 1.29 is 14.3 Å². The number of carbonyl (C=O) groups is 2. The topological polar surface area (TPSA) is 70.7 Å². The maximum absolute atomic E-state index is 12.2. The van der Waals surface area contributed by atoms with Gasteiger partial charge in [-0.15, -0.1) is 0 Å². The molecule has 0 fully saturated rings. The van der Waals surface area contributed by atoms with Crippen LogP contribution in [0.4, 0.5) is 5.69 Å². The fourth-order valence-electron chi connectivity index (χ4n) is 2.44. The van der Waals surface area contributed by atoms with Gasteiger partial charge in [-0.25, -0.2) is 0 Å². The zero-order valence-electron chi connectivity index (χ0n) is 15.4. The number of amides is 2. The molecule has 0 aliphatic carbocycles. The molecule has 2 N–H and O–H groups in total. The van der Waals surface area contributed by atoms with Crippen LogP contribution in [0.2, 0.25) is 0 Å². The van der Waals surface area contributed by atoms with Crippen molar-refractivity contribution in [3.05, 3.63) is 59.7 Å². The van der Waals surface area contributed by atoms with Crippen molar-refractivity contribution in [3.63, 3.8) is 0 Å². The van der Waals surface area contributed by atoms with E-state index in [1.807, 2.05) is 56.3 Å². The molecule has 0 aliphatic heterocycles. The molecule has 0 unspecified atom stereocenters. The second-order valence-corrected chi connectivity index (χ2v) is 5.99. The first kappa shape index (κ1) is 19.3. The van der Waals surface area contributed by atoms with Crippen molar-refractivity contribution in [3.8, 4) is 5.75 Å². The number of anilines is 1. The van der Waals surface area contributed by atoms with Crippen molar-refractivity contribution in [1.29, 1.82) is 0 Å². The molecule has 0 radical (unpaired) electrons. The van der Waals surface area contributed by atoms with Crippen LogP contribution in [-0.2, 0) is 11.2 Å². The average Bonchev–Trinajstić information content (AvgIpc) is 2.65. The molecule has 0 bridgehead atoms. The fraction of sp³-hybridized carbons (Fsp3) is 0.300. The van der Waals surface area contributed by atoms with Gasteiger partial charge in [-0.2, -0.15) is 0 Å². The summed E-state index contributed by atoms with van der Waals surface area (Å²) in [6.07, 6.45) is 0.788. The number of nitrogens with zero attached hydrogens (tertiary/aromatic N) is 1. The van der Waals surface area contributed by atoms with Gasteiger partial charge in [0.25, 0.3) is 5.91 Å². The third-order valence-corrected chi connectivity index (χ3v) is 3.83. The first-order valence-corrected chi connectivity index (χ1v) is 8.58. The Balaban J connectivity index is 1.85. The van der Waals surface area contributed by atoms with E-state index in [2.05, 4.69) is 10.9 Å². The van der Waals surface area contributed by atoms with Gasteiger partial charge in [0.2, 0.25) is 5.91 Å². The van der Waals surface area contributed by atoms with Crippen molar-refractivity contribution in [2.75, 3.05) is 25.6 Å². The summed E-state index contributed by atoms with van der Waals surface area (Å²) < 4.78 is 5.55. The Morgan fingerprint density at radius 2 is 1.81 bits per heavy atom. The van der Waals surface area contributed by atoms with Gasteiger partial charge in [0.15, 0.2) is 0 Å². The highest BCUT2D eigenvalue weighted by Gasteiger charge is 2.10. The van der Waals surface area contributed by atoms with Crippen molar-refractivity contribution >= 4 is 17.5 Å². The lowest BCUT2D eigenvalue weighted by Gasteiger charge is -2.14. The number of nitrogens with one attached hydrogen (secondary N) is 2. The number of ether oxygens (including phenoxy) is 1. The van der Waals surface area contributed by atoms with Crippen LogP contribution in [0.1, 0.15) is 29.3 Å². The molecular formula is C20H25N3O3. The lowest BCUT2D eigenvalue weighted by atomic mass is 10.1. The number of hydrazine groups is 1. The average molecular weight is 355 g/mol. The zero-order valence-corrected chi connectivity index (χ0v) is 15.4. The number of aryl methyl sites for hydroxylation is 1. The lowest BCUT2D eigenvalue weighted by Crippen LogP contribution is -2.41. The standard InChI is InChI=1S/C20H25N3O3/c1-4-26-18-11-6-5-8-15(18)12-13-19(24)21-22-20(25)16-9-7-10-17(14-16)23(2)3/h5-11,14H,4,12-13H2,1-3H3,(H,21,24)(H,22,25). The third-order valence-electron chi connectivity index (χ3n) is 3.83. The Morgan fingerprint density at radius 3 is 2.54 bits per heavy atom. The molecule has 6 nitrogen and oxygen atoms in total. The zero-order chi connectivity index (χ0) is 18.9. The van der Waals surface area contributed by atoms with E-state index < -0.39 is 0 Å². The Kier molecular flexibility index (Phi) is 7.02. The predicted molar refractivity (Wildman–Crippen MR) is 102 cm³/mol. The number of benzene rings is 2. The van der Waals surface area contributed by atoms with Crippen LogP contribution in [0.3, 0.4) is 0 Å². The summed E-state index contributed by atoms with van der Waals surface area (Å²) in [6.45, 7) is 2.50. The molecule has 2 amide bonds. The Hall–Kier alpha value is -3.02. The molecule has 0 spiro atoms.